The lowest BCUT2D eigenvalue weighted by Crippen LogP contribution is -2.50. The largest absolute Gasteiger partial charge is 0.344 e. The molecule has 1 unspecified atom stereocenters. The average Bonchev–Trinajstić information content (AvgIpc) is 2.49. The summed E-state index contributed by atoms with van der Waals surface area (Å²) in [6.45, 7) is 6.65. The lowest BCUT2D eigenvalue weighted by Gasteiger charge is -2.27. The fourth-order valence-corrected chi connectivity index (χ4v) is 2.21. The van der Waals surface area contributed by atoms with Crippen molar-refractivity contribution in [3.8, 4) is 0 Å². The second kappa shape index (κ2) is 8.79. The number of amides is 2. The Morgan fingerprint density at radius 1 is 1.23 bits per heavy atom. The summed E-state index contributed by atoms with van der Waals surface area (Å²) in [5.41, 5.74) is 0.499. The van der Waals surface area contributed by atoms with E-state index in [2.05, 4.69) is 12.2 Å². The molecule has 4 nitrogen and oxygen atoms in total. The predicted octanol–water partition coefficient (Wildman–Crippen LogP) is 3.35. The van der Waals surface area contributed by atoms with Crippen molar-refractivity contribution in [1.82, 2.24) is 10.2 Å². The van der Waals surface area contributed by atoms with Crippen LogP contribution in [0.4, 0.5) is 0 Å². The molecule has 0 radical (unpaired) electrons. The number of nitrogens with one attached hydrogen (secondary N) is 1. The van der Waals surface area contributed by atoms with Crippen molar-refractivity contribution >= 4 is 23.4 Å². The maximum Gasteiger partial charge on any atom is 0.251 e. The van der Waals surface area contributed by atoms with E-state index in [1.807, 2.05) is 13.8 Å². The summed E-state index contributed by atoms with van der Waals surface area (Å²) in [5.74, 6) is -0.286. The number of hydrogen-bond acceptors (Lipinski definition) is 2. The van der Waals surface area contributed by atoms with Gasteiger partial charge in [0.2, 0.25) is 5.91 Å². The third kappa shape index (κ3) is 5.34. The minimum Gasteiger partial charge on any atom is -0.344 e. The maximum atomic E-state index is 12.5. The number of nitrogens with zero attached hydrogens (tertiary/aromatic N) is 1. The average molecular weight is 325 g/mol. The molecule has 1 aromatic rings. The third-order valence-corrected chi connectivity index (χ3v) is 3.80. The molecule has 0 fully saturated rings. The molecule has 5 heteroatoms. The van der Waals surface area contributed by atoms with Crippen molar-refractivity contribution in [2.24, 2.45) is 5.92 Å². The number of rotatable bonds is 7. The van der Waals surface area contributed by atoms with E-state index in [9.17, 15) is 9.59 Å². The van der Waals surface area contributed by atoms with Crippen molar-refractivity contribution in [3.05, 3.63) is 34.9 Å². The van der Waals surface area contributed by atoms with Gasteiger partial charge in [-0.05, 0) is 36.6 Å². The Bertz CT molecular complexity index is 500. The van der Waals surface area contributed by atoms with Crippen LogP contribution in [0.3, 0.4) is 0 Å². The van der Waals surface area contributed by atoms with Crippen LogP contribution in [0.5, 0.6) is 0 Å². The Kier molecular flexibility index (Phi) is 7.39. The van der Waals surface area contributed by atoms with Gasteiger partial charge in [0.15, 0.2) is 0 Å². The molecule has 0 saturated heterocycles. The fraction of sp³-hybridized carbons (Fsp3) is 0.529. The summed E-state index contributed by atoms with van der Waals surface area (Å²) >= 11 is 5.82. The fourth-order valence-electron chi connectivity index (χ4n) is 2.08. The number of unbranched alkanes of at least 4 members (excludes halogenated alkanes) is 1. The molecule has 0 bridgehead atoms. The first-order valence-electron chi connectivity index (χ1n) is 7.68. The van der Waals surface area contributed by atoms with Gasteiger partial charge in [0.25, 0.3) is 5.91 Å². The molecule has 0 saturated carbocycles. The minimum atomic E-state index is -0.523. The van der Waals surface area contributed by atoms with Gasteiger partial charge in [0.05, 0.1) is 0 Å². The second-order valence-electron chi connectivity index (χ2n) is 5.82. The molecular formula is C17H25ClN2O2. The van der Waals surface area contributed by atoms with Gasteiger partial charge in [-0.25, -0.2) is 0 Å². The van der Waals surface area contributed by atoms with Crippen LogP contribution in [0, 0.1) is 5.92 Å². The smallest absolute Gasteiger partial charge is 0.251 e. The Hall–Kier alpha value is -1.55. The zero-order chi connectivity index (χ0) is 16.7. The summed E-state index contributed by atoms with van der Waals surface area (Å²) in [6.07, 6.45) is 1.99. The van der Waals surface area contributed by atoms with E-state index in [1.54, 1.807) is 36.2 Å². The van der Waals surface area contributed by atoms with E-state index >= 15 is 0 Å². The van der Waals surface area contributed by atoms with Gasteiger partial charge in [-0.15, -0.1) is 0 Å². The van der Waals surface area contributed by atoms with Crippen LogP contribution >= 0.6 is 11.6 Å². The summed E-state index contributed by atoms with van der Waals surface area (Å²) in [6, 6.07) is 6.11. The SMILES string of the molecule is CCCCN(C)C(=O)C(NC(=O)c1ccc(Cl)cc1)C(C)C. The van der Waals surface area contributed by atoms with Gasteiger partial charge < -0.3 is 10.2 Å². The molecule has 1 rings (SSSR count). The maximum absolute atomic E-state index is 12.5. The van der Waals surface area contributed by atoms with E-state index in [1.165, 1.54) is 0 Å². The highest BCUT2D eigenvalue weighted by atomic mass is 35.5. The quantitative estimate of drug-likeness (QED) is 0.836. The summed E-state index contributed by atoms with van der Waals surface area (Å²) in [5, 5.41) is 3.41. The van der Waals surface area contributed by atoms with Crippen molar-refractivity contribution in [3.63, 3.8) is 0 Å². The molecule has 1 aromatic carbocycles. The lowest BCUT2D eigenvalue weighted by atomic mass is 10.0. The van der Waals surface area contributed by atoms with Gasteiger partial charge >= 0.3 is 0 Å². The molecular weight excluding hydrogens is 300 g/mol. The standard InChI is InChI=1S/C17H25ClN2O2/c1-5-6-11-20(4)17(22)15(12(2)3)19-16(21)13-7-9-14(18)10-8-13/h7-10,12,15H,5-6,11H2,1-4H3,(H,19,21). The van der Waals surface area contributed by atoms with E-state index < -0.39 is 6.04 Å². The Labute approximate surface area is 137 Å². The molecule has 2 amide bonds. The van der Waals surface area contributed by atoms with Crippen LogP contribution in [0.15, 0.2) is 24.3 Å². The van der Waals surface area contributed by atoms with Crippen molar-refractivity contribution in [2.75, 3.05) is 13.6 Å². The number of carbonyl (C=O) groups excluding carboxylic acids is 2. The van der Waals surface area contributed by atoms with E-state index in [-0.39, 0.29) is 17.7 Å². The van der Waals surface area contributed by atoms with Crippen molar-refractivity contribution in [1.29, 1.82) is 0 Å². The van der Waals surface area contributed by atoms with Crippen LogP contribution < -0.4 is 5.32 Å². The number of hydrogen-bond donors (Lipinski definition) is 1. The van der Waals surface area contributed by atoms with Crippen LogP contribution in [-0.4, -0.2) is 36.3 Å². The first kappa shape index (κ1) is 18.5. The Morgan fingerprint density at radius 2 is 1.82 bits per heavy atom. The molecule has 0 spiro atoms. The third-order valence-electron chi connectivity index (χ3n) is 3.55. The monoisotopic (exact) mass is 324 g/mol. The number of likely N-dealkylation sites (N-methyl/N-ethyl adjacent to an activating group) is 1. The normalized spacial score (nSPS) is 12.1. The van der Waals surface area contributed by atoms with E-state index in [0.29, 0.717) is 17.1 Å². The van der Waals surface area contributed by atoms with Gasteiger partial charge in [0, 0.05) is 24.2 Å². The molecule has 0 heterocycles. The van der Waals surface area contributed by atoms with Crippen LogP contribution in [-0.2, 0) is 4.79 Å². The highest BCUT2D eigenvalue weighted by molar-refractivity contribution is 6.30. The molecule has 0 aliphatic heterocycles. The van der Waals surface area contributed by atoms with Crippen molar-refractivity contribution < 1.29 is 9.59 Å². The molecule has 22 heavy (non-hydrogen) atoms. The van der Waals surface area contributed by atoms with E-state index in [4.69, 9.17) is 11.6 Å². The topological polar surface area (TPSA) is 49.4 Å². The molecule has 122 valence electrons. The second-order valence-corrected chi connectivity index (χ2v) is 6.25. The van der Waals surface area contributed by atoms with Gasteiger partial charge in [-0.1, -0.05) is 38.8 Å². The predicted molar refractivity (Wildman–Crippen MR) is 90.1 cm³/mol. The van der Waals surface area contributed by atoms with Crippen molar-refractivity contribution in [2.45, 2.75) is 39.7 Å². The molecule has 1 atom stereocenters. The van der Waals surface area contributed by atoms with Gasteiger partial charge in [-0.3, -0.25) is 9.59 Å². The highest BCUT2D eigenvalue weighted by Crippen LogP contribution is 2.11. The molecule has 0 aliphatic carbocycles. The molecule has 0 aliphatic rings. The van der Waals surface area contributed by atoms with Crippen LogP contribution in [0.2, 0.25) is 5.02 Å². The summed E-state index contributed by atoms with van der Waals surface area (Å²) in [7, 11) is 1.78. The zero-order valence-corrected chi connectivity index (χ0v) is 14.5. The summed E-state index contributed by atoms with van der Waals surface area (Å²) < 4.78 is 0. The Morgan fingerprint density at radius 3 is 2.32 bits per heavy atom. The van der Waals surface area contributed by atoms with Gasteiger partial charge in [-0.2, -0.15) is 0 Å². The highest BCUT2D eigenvalue weighted by Gasteiger charge is 2.27. The number of halogens is 1. The molecule has 0 aromatic heterocycles. The first-order valence-corrected chi connectivity index (χ1v) is 8.06. The number of carbonyl (C=O) groups is 2. The minimum absolute atomic E-state index is 0.0211. The molecule has 1 N–H and O–H groups in total. The van der Waals surface area contributed by atoms with E-state index in [0.717, 1.165) is 12.8 Å². The number of benzene rings is 1. The Balaban J connectivity index is 2.77. The lowest BCUT2D eigenvalue weighted by molar-refractivity contribution is -0.133. The zero-order valence-electron chi connectivity index (χ0n) is 13.7. The summed E-state index contributed by atoms with van der Waals surface area (Å²) in [4.78, 5) is 26.5. The first-order chi connectivity index (χ1) is 10.4. The van der Waals surface area contributed by atoms with Crippen LogP contribution in [0.1, 0.15) is 44.0 Å². The van der Waals surface area contributed by atoms with Crippen LogP contribution in [0.25, 0.3) is 0 Å². The van der Waals surface area contributed by atoms with Gasteiger partial charge in [0.1, 0.15) is 6.04 Å².